The van der Waals surface area contributed by atoms with E-state index in [2.05, 4.69) is 20.8 Å². The molecule has 3 aromatic rings. The standard InChI is InChI=1S/C20H16N4O5/c1-20(18(25)22-19(26)23-20)12-7-5-11(6-8-12)16-21-17(29-24-16)13-3-2-4-14-15(13)28-10-9-27-14/h2-8H,9-10H2,1H3,(H2,22,23,25,26). The molecule has 0 saturated carbocycles. The van der Waals surface area contributed by atoms with Crippen LogP contribution in [0.15, 0.2) is 47.0 Å². The van der Waals surface area contributed by atoms with Crippen molar-refractivity contribution in [3.63, 3.8) is 0 Å². The van der Waals surface area contributed by atoms with Gasteiger partial charge in [-0.2, -0.15) is 4.98 Å². The van der Waals surface area contributed by atoms with E-state index in [1.165, 1.54) is 0 Å². The van der Waals surface area contributed by atoms with Crippen LogP contribution in [-0.2, 0) is 10.3 Å². The average molecular weight is 392 g/mol. The molecule has 2 aliphatic rings. The summed E-state index contributed by atoms with van der Waals surface area (Å²) in [6.45, 7) is 2.60. The Morgan fingerprint density at radius 2 is 1.83 bits per heavy atom. The molecule has 1 atom stereocenters. The van der Waals surface area contributed by atoms with Crippen LogP contribution in [0.4, 0.5) is 4.79 Å². The average Bonchev–Trinajstić information content (AvgIpc) is 3.32. The van der Waals surface area contributed by atoms with E-state index in [9.17, 15) is 9.59 Å². The highest BCUT2D eigenvalue weighted by molar-refractivity contribution is 6.07. The maximum Gasteiger partial charge on any atom is 0.322 e. The van der Waals surface area contributed by atoms with Gasteiger partial charge >= 0.3 is 6.03 Å². The van der Waals surface area contributed by atoms with Crippen LogP contribution < -0.4 is 20.1 Å². The number of carbonyl (C=O) groups excluding carboxylic acids is 2. The van der Waals surface area contributed by atoms with Gasteiger partial charge in [0.2, 0.25) is 5.82 Å². The van der Waals surface area contributed by atoms with Crippen molar-refractivity contribution in [1.29, 1.82) is 0 Å². The molecule has 0 aliphatic carbocycles. The molecule has 3 heterocycles. The SMILES string of the molecule is CC1(c2ccc(-c3noc(-c4cccc5c4OCCO5)n3)cc2)NC(=O)NC1=O. The number of nitrogens with one attached hydrogen (secondary N) is 2. The summed E-state index contributed by atoms with van der Waals surface area (Å²) < 4.78 is 16.7. The molecule has 146 valence electrons. The van der Waals surface area contributed by atoms with Crippen LogP contribution in [0.1, 0.15) is 12.5 Å². The second-order valence-corrected chi connectivity index (χ2v) is 6.86. The zero-order chi connectivity index (χ0) is 20.0. The van der Waals surface area contributed by atoms with Crippen molar-refractivity contribution >= 4 is 11.9 Å². The Morgan fingerprint density at radius 1 is 1.03 bits per heavy atom. The molecule has 29 heavy (non-hydrogen) atoms. The van der Waals surface area contributed by atoms with E-state index in [1.807, 2.05) is 18.2 Å². The Balaban J connectivity index is 1.45. The molecular weight excluding hydrogens is 376 g/mol. The third-order valence-corrected chi connectivity index (χ3v) is 4.99. The number of carbonyl (C=O) groups is 2. The molecule has 0 bridgehead atoms. The molecule has 9 heteroatoms. The molecule has 1 fully saturated rings. The van der Waals surface area contributed by atoms with Gasteiger partial charge in [0.1, 0.15) is 18.8 Å². The second-order valence-electron chi connectivity index (χ2n) is 6.86. The van der Waals surface area contributed by atoms with Crippen LogP contribution >= 0.6 is 0 Å². The highest BCUT2D eigenvalue weighted by Gasteiger charge is 2.43. The van der Waals surface area contributed by atoms with Crippen molar-refractivity contribution in [2.45, 2.75) is 12.5 Å². The van der Waals surface area contributed by atoms with Gasteiger partial charge in [-0.3, -0.25) is 10.1 Å². The molecule has 1 aromatic heterocycles. The summed E-state index contributed by atoms with van der Waals surface area (Å²) in [6, 6.07) is 12.0. The largest absolute Gasteiger partial charge is 0.486 e. The van der Waals surface area contributed by atoms with Gasteiger partial charge in [-0.1, -0.05) is 35.5 Å². The molecule has 5 rings (SSSR count). The number of imide groups is 1. The van der Waals surface area contributed by atoms with Crippen molar-refractivity contribution in [2.75, 3.05) is 13.2 Å². The minimum Gasteiger partial charge on any atom is -0.486 e. The number of aromatic nitrogens is 2. The Bertz CT molecular complexity index is 1120. The van der Waals surface area contributed by atoms with Crippen molar-refractivity contribution in [2.24, 2.45) is 0 Å². The van der Waals surface area contributed by atoms with Crippen LogP contribution in [-0.4, -0.2) is 35.3 Å². The van der Waals surface area contributed by atoms with Crippen LogP contribution in [0.25, 0.3) is 22.8 Å². The Labute approximate surface area is 165 Å². The zero-order valence-electron chi connectivity index (χ0n) is 15.4. The van der Waals surface area contributed by atoms with Gasteiger partial charge in [0.05, 0.1) is 5.56 Å². The van der Waals surface area contributed by atoms with Gasteiger partial charge < -0.3 is 19.3 Å². The monoisotopic (exact) mass is 392 g/mol. The highest BCUT2D eigenvalue weighted by Crippen LogP contribution is 2.39. The zero-order valence-corrected chi connectivity index (χ0v) is 15.4. The Kier molecular flexibility index (Phi) is 3.76. The first kappa shape index (κ1) is 17.2. The molecule has 9 nitrogen and oxygen atoms in total. The molecule has 2 N–H and O–H groups in total. The minimum atomic E-state index is -1.11. The number of urea groups is 1. The van der Waals surface area contributed by atoms with Gasteiger partial charge in [-0.05, 0) is 24.6 Å². The molecular formula is C20H16N4O5. The Hall–Kier alpha value is -3.88. The van der Waals surface area contributed by atoms with Crippen molar-refractivity contribution in [3.05, 3.63) is 48.0 Å². The van der Waals surface area contributed by atoms with E-state index >= 15 is 0 Å². The van der Waals surface area contributed by atoms with E-state index in [-0.39, 0.29) is 0 Å². The predicted molar refractivity (Wildman–Crippen MR) is 100 cm³/mol. The third kappa shape index (κ3) is 2.78. The minimum absolute atomic E-state index is 0.320. The van der Waals surface area contributed by atoms with Crippen LogP contribution in [0.3, 0.4) is 0 Å². The lowest BCUT2D eigenvalue weighted by Crippen LogP contribution is -2.40. The highest BCUT2D eigenvalue weighted by atomic mass is 16.6. The number of hydrogen-bond acceptors (Lipinski definition) is 7. The molecule has 0 spiro atoms. The van der Waals surface area contributed by atoms with Gasteiger partial charge in [-0.25, -0.2) is 4.79 Å². The second kappa shape index (κ2) is 6.33. The van der Waals surface area contributed by atoms with E-state index in [0.717, 1.165) is 0 Å². The molecule has 0 radical (unpaired) electrons. The van der Waals surface area contributed by atoms with Crippen LogP contribution in [0.2, 0.25) is 0 Å². The summed E-state index contributed by atoms with van der Waals surface area (Å²) in [4.78, 5) is 28.0. The first-order chi connectivity index (χ1) is 14.0. The third-order valence-electron chi connectivity index (χ3n) is 4.99. The summed E-state index contributed by atoms with van der Waals surface area (Å²) in [6.07, 6.45) is 0. The molecule has 1 unspecified atom stereocenters. The van der Waals surface area contributed by atoms with E-state index < -0.39 is 17.5 Å². The van der Waals surface area contributed by atoms with Crippen LogP contribution in [0.5, 0.6) is 11.5 Å². The number of fused-ring (bicyclic) bond motifs is 1. The lowest BCUT2D eigenvalue weighted by atomic mass is 9.91. The predicted octanol–water partition coefficient (Wildman–Crippen LogP) is 2.23. The molecule has 2 aliphatic heterocycles. The maximum absolute atomic E-state index is 12.1. The smallest absolute Gasteiger partial charge is 0.322 e. The fraction of sp³-hybridized carbons (Fsp3) is 0.200. The van der Waals surface area contributed by atoms with Crippen LogP contribution in [0, 0.1) is 0 Å². The number of ether oxygens (including phenoxy) is 2. The molecule has 3 amide bonds. The lowest BCUT2D eigenvalue weighted by molar-refractivity contribution is -0.123. The van der Waals surface area contributed by atoms with E-state index in [1.54, 1.807) is 31.2 Å². The van der Waals surface area contributed by atoms with E-state index in [0.29, 0.717) is 53.1 Å². The summed E-state index contributed by atoms with van der Waals surface area (Å²) in [7, 11) is 0. The summed E-state index contributed by atoms with van der Waals surface area (Å²) >= 11 is 0. The fourth-order valence-corrected chi connectivity index (χ4v) is 3.39. The van der Waals surface area contributed by atoms with Gasteiger partial charge in [0, 0.05) is 5.56 Å². The van der Waals surface area contributed by atoms with Gasteiger partial charge in [-0.15, -0.1) is 0 Å². The molecule has 1 saturated heterocycles. The summed E-state index contributed by atoms with van der Waals surface area (Å²) in [5.41, 5.74) is 0.906. The first-order valence-electron chi connectivity index (χ1n) is 9.02. The number of para-hydroxylation sites is 1. The number of rotatable bonds is 3. The summed E-state index contributed by atoms with van der Waals surface area (Å²) in [5.74, 6) is 1.54. The van der Waals surface area contributed by atoms with Crippen molar-refractivity contribution < 1.29 is 23.6 Å². The number of hydrogen-bond donors (Lipinski definition) is 2. The summed E-state index contributed by atoms with van der Waals surface area (Å²) in [5, 5.41) is 8.93. The maximum atomic E-state index is 12.1. The number of benzene rings is 2. The normalized spacial score (nSPS) is 20.3. The lowest BCUT2D eigenvalue weighted by Gasteiger charge is -2.21. The van der Waals surface area contributed by atoms with E-state index in [4.69, 9.17) is 14.0 Å². The topological polar surface area (TPSA) is 116 Å². The Morgan fingerprint density at radius 3 is 2.59 bits per heavy atom. The van der Waals surface area contributed by atoms with Gasteiger partial charge in [0.25, 0.3) is 11.8 Å². The number of nitrogens with zero attached hydrogens (tertiary/aromatic N) is 2. The molecule has 2 aromatic carbocycles. The first-order valence-corrected chi connectivity index (χ1v) is 9.02. The van der Waals surface area contributed by atoms with Gasteiger partial charge in [0.15, 0.2) is 11.5 Å². The van der Waals surface area contributed by atoms with Crippen molar-refractivity contribution in [1.82, 2.24) is 20.8 Å². The number of amides is 3. The quantitative estimate of drug-likeness (QED) is 0.657. The fourth-order valence-electron chi connectivity index (χ4n) is 3.39. The van der Waals surface area contributed by atoms with Crippen molar-refractivity contribution in [3.8, 4) is 34.3 Å².